The van der Waals surface area contributed by atoms with E-state index in [4.69, 9.17) is 20.3 Å². The first-order valence-corrected chi connectivity index (χ1v) is 9.16. The van der Waals surface area contributed by atoms with Crippen molar-refractivity contribution in [3.05, 3.63) is 12.7 Å². The number of esters is 1. The van der Waals surface area contributed by atoms with Gasteiger partial charge in [0.2, 0.25) is 0 Å². The predicted octanol–water partition coefficient (Wildman–Crippen LogP) is -0.290. The highest BCUT2D eigenvalue weighted by molar-refractivity contribution is 5.81. The van der Waals surface area contributed by atoms with E-state index in [1.165, 1.54) is 17.2 Å². The molecule has 5 N–H and O–H groups in total. The van der Waals surface area contributed by atoms with Gasteiger partial charge in [-0.15, -0.1) is 0 Å². The summed E-state index contributed by atoms with van der Waals surface area (Å²) in [6.07, 6.45) is -1.53. The molecule has 0 aliphatic carbocycles. The number of rotatable bonds is 6. The summed E-state index contributed by atoms with van der Waals surface area (Å²) in [5.41, 5.74) is 6.42. The third-order valence-corrected chi connectivity index (χ3v) is 4.27. The fourth-order valence-electron chi connectivity index (χ4n) is 2.80. The Bertz CT molecular complexity index is 843. The number of imidazole rings is 1. The number of aromatic nitrogens is 4. The second kappa shape index (κ2) is 10.1. The van der Waals surface area contributed by atoms with E-state index in [-0.39, 0.29) is 31.9 Å². The number of aliphatic carboxylic acids is 1. The van der Waals surface area contributed by atoms with Crippen LogP contribution in [0, 0.1) is 5.92 Å². The molecule has 0 aromatic carbocycles. The molecule has 2 aromatic rings. The molecular weight excluding hydrogens is 386 g/mol. The van der Waals surface area contributed by atoms with Crippen molar-refractivity contribution in [2.45, 2.75) is 45.1 Å². The number of nitrogens with two attached hydrogens (primary N) is 1. The third kappa shape index (κ3) is 5.16. The molecule has 12 heteroatoms. The maximum atomic E-state index is 11.5. The molecule has 0 spiro atoms. The Morgan fingerprint density at radius 3 is 2.66 bits per heavy atom. The van der Waals surface area contributed by atoms with Crippen LogP contribution in [0.25, 0.3) is 11.2 Å². The van der Waals surface area contributed by atoms with Crippen LogP contribution in [-0.2, 0) is 19.1 Å². The van der Waals surface area contributed by atoms with Crippen LogP contribution in [0.3, 0.4) is 0 Å². The topological polar surface area (TPSA) is 183 Å². The van der Waals surface area contributed by atoms with E-state index in [1.54, 1.807) is 0 Å². The number of aliphatic hydroxyl groups is 2. The second-order valence-electron chi connectivity index (χ2n) is 6.12. The summed E-state index contributed by atoms with van der Waals surface area (Å²) in [6.45, 7) is 3.79. The normalized spacial score (nSPS) is 23.9. The average Bonchev–Trinajstić information content (AvgIpc) is 3.14. The Morgan fingerprint density at radius 1 is 1.24 bits per heavy atom. The molecule has 3 heterocycles. The van der Waals surface area contributed by atoms with E-state index in [0.717, 1.165) is 0 Å². The van der Waals surface area contributed by atoms with Crippen molar-refractivity contribution in [3.63, 3.8) is 0 Å². The Morgan fingerprint density at radius 2 is 1.97 bits per heavy atom. The molecule has 12 nitrogen and oxygen atoms in total. The summed E-state index contributed by atoms with van der Waals surface area (Å²) < 4.78 is 12.0. The van der Waals surface area contributed by atoms with Crippen LogP contribution in [0.15, 0.2) is 12.7 Å². The summed E-state index contributed by atoms with van der Waals surface area (Å²) in [5, 5.41) is 29.3. The van der Waals surface area contributed by atoms with Gasteiger partial charge in [0.25, 0.3) is 0 Å². The zero-order valence-electron chi connectivity index (χ0n) is 16.1. The minimum atomic E-state index is -1.34. The number of ether oxygens (including phenoxy) is 2. The summed E-state index contributed by atoms with van der Waals surface area (Å²) in [4.78, 5) is 33.9. The van der Waals surface area contributed by atoms with Crippen LogP contribution < -0.4 is 5.73 Å². The van der Waals surface area contributed by atoms with Crippen molar-refractivity contribution in [2.75, 3.05) is 18.9 Å². The Balaban J connectivity index is 0.00000145. The first-order chi connectivity index (χ1) is 13.9. The highest BCUT2D eigenvalue weighted by atomic mass is 16.5. The third-order valence-electron chi connectivity index (χ3n) is 4.27. The van der Waals surface area contributed by atoms with E-state index in [1.807, 2.05) is 13.8 Å². The monoisotopic (exact) mass is 411 g/mol. The number of fused-ring (bicyclic) bond motifs is 1. The van der Waals surface area contributed by atoms with Crippen LogP contribution in [-0.4, -0.2) is 72.2 Å². The van der Waals surface area contributed by atoms with Crippen LogP contribution in [0.5, 0.6) is 0 Å². The number of carboxylic acid groups (broad SMARTS) is 1. The number of aliphatic hydroxyl groups excluding tert-OH is 2. The summed E-state index contributed by atoms with van der Waals surface area (Å²) in [6, 6.07) is 0. The quantitative estimate of drug-likeness (QED) is 0.458. The van der Waals surface area contributed by atoms with E-state index in [9.17, 15) is 19.8 Å². The summed E-state index contributed by atoms with van der Waals surface area (Å²) in [7, 11) is 0. The number of hydrogen-bond donors (Lipinski definition) is 4. The van der Waals surface area contributed by atoms with E-state index < -0.39 is 36.3 Å². The minimum absolute atomic E-state index is 0.00462. The molecule has 4 atom stereocenters. The van der Waals surface area contributed by atoms with Crippen LogP contribution in [0.1, 0.15) is 32.9 Å². The fraction of sp³-hybridized carbons (Fsp3) is 0.588. The molecule has 1 aliphatic rings. The maximum Gasteiger partial charge on any atom is 0.306 e. The second-order valence-corrected chi connectivity index (χ2v) is 6.12. The lowest BCUT2D eigenvalue weighted by Crippen LogP contribution is -2.49. The van der Waals surface area contributed by atoms with Crippen molar-refractivity contribution >= 4 is 28.9 Å². The minimum Gasteiger partial charge on any atom is -0.481 e. The van der Waals surface area contributed by atoms with Gasteiger partial charge >= 0.3 is 11.9 Å². The molecular formula is C17H25N5O7. The van der Waals surface area contributed by atoms with Crippen molar-refractivity contribution < 1.29 is 34.4 Å². The number of hydrogen-bond acceptors (Lipinski definition) is 10. The van der Waals surface area contributed by atoms with E-state index in [2.05, 4.69) is 15.0 Å². The van der Waals surface area contributed by atoms with Crippen molar-refractivity contribution in [2.24, 2.45) is 5.92 Å². The molecule has 0 saturated carbocycles. The van der Waals surface area contributed by atoms with Crippen molar-refractivity contribution in [3.8, 4) is 0 Å². The molecule has 160 valence electrons. The van der Waals surface area contributed by atoms with Gasteiger partial charge in [0, 0.05) is 5.92 Å². The molecule has 1 saturated heterocycles. The molecule has 4 unspecified atom stereocenters. The van der Waals surface area contributed by atoms with Gasteiger partial charge in [0.1, 0.15) is 17.9 Å². The maximum absolute atomic E-state index is 11.5. The van der Waals surface area contributed by atoms with Crippen molar-refractivity contribution in [1.29, 1.82) is 0 Å². The van der Waals surface area contributed by atoms with E-state index >= 15 is 0 Å². The lowest BCUT2D eigenvalue weighted by molar-refractivity contribution is -0.200. The van der Waals surface area contributed by atoms with Gasteiger partial charge in [-0.1, -0.05) is 13.8 Å². The van der Waals surface area contributed by atoms with Crippen LogP contribution in [0.2, 0.25) is 0 Å². The Hall–Kier alpha value is -2.83. The lowest BCUT2D eigenvalue weighted by atomic mass is 9.95. The standard InChI is InChI=1S/C15H19N5O7.C2H6/c16-13-10-14(18-5-17-13)20(6-19-10)15-12(25)11(24)7(4-27-15)3-26-9(23)2-1-8(21)22;1-2/h5-7,11-12,15,24-25H,1-4H2,(H,21,22)(H2,16,17,18);1-2H3. The van der Waals surface area contributed by atoms with Crippen LogP contribution in [0.4, 0.5) is 5.82 Å². The Labute approximate surface area is 166 Å². The van der Waals surface area contributed by atoms with Crippen LogP contribution >= 0.6 is 0 Å². The fourth-order valence-corrected chi connectivity index (χ4v) is 2.80. The molecule has 29 heavy (non-hydrogen) atoms. The van der Waals surface area contributed by atoms with Gasteiger partial charge in [0.05, 0.1) is 38.5 Å². The summed E-state index contributed by atoms with van der Waals surface area (Å²) in [5.74, 6) is -2.30. The highest BCUT2D eigenvalue weighted by Crippen LogP contribution is 2.30. The van der Waals surface area contributed by atoms with Crippen molar-refractivity contribution in [1.82, 2.24) is 19.5 Å². The predicted molar refractivity (Wildman–Crippen MR) is 99.4 cm³/mol. The van der Waals surface area contributed by atoms with E-state index in [0.29, 0.717) is 11.2 Å². The average molecular weight is 411 g/mol. The first kappa shape index (κ1) is 22.5. The number of nitrogens with zero attached hydrogens (tertiary/aromatic N) is 4. The number of carbonyl (C=O) groups excluding carboxylic acids is 1. The molecule has 0 radical (unpaired) electrons. The molecule has 0 amide bonds. The number of nitrogen functional groups attached to an aromatic ring is 1. The molecule has 3 rings (SSSR count). The number of carbonyl (C=O) groups is 2. The van der Waals surface area contributed by atoms with Gasteiger partial charge in [-0.2, -0.15) is 0 Å². The first-order valence-electron chi connectivity index (χ1n) is 9.16. The van der Waals surface area contributed by atoms with Gasteiger partial charge in [-0.05, 0) is 0 Å². The van der Waals surface area contributed by atoms with Gasteiger partial charge in [0.15, 0.2) is 17.7 Å². The number of anilines is 1. The largest absolute Gasteiger partial charge is 0.481 e. The van der Waals surface area contributed by atoms with Gasteiger partial charge in [-0.25, -0.2) is 15.0 Å². The molecule has 1 fully saturated rings. The zero-order chi connectivity index (χ0) is 21.6. The molecule has 1 aliphatic heterocycles. The zero-order valence-corrected chi connectivity index (χ0v) is 16.1. The highest BCUT2D eigenvalue weighted by Gasteiger charge is 2.40. The molecule has 0 bridgehead atoms. The van der Waals surface area contributed by atoms with Gasteiger partial charge in [-0.3, -0.25) is 14.2 Å². The summed E-state index contributed by atoms with van der Waals surface area (Å²) >= 11 is 0. The smallest absolute Gasteiger partial charge is 0.306 e. The number of carboxylic acids is 1. The molecule has 2 aromatic heterocycles. The SMILES string of the molecule is CC.Nc1ncnc2c1ncn2C1OCC(COC(=O)CCC(=O)O)C(O)C1O. The van der Waals surface area contributed by atoms with Gasteiger partial charge < -0.3 is 30.5 Å². The Kier molecular flexibility index (Phi) is 7.82. The lowest BCUT2D eigenvalue weighted by Gasteiger charge is -2.37.